The number of hydrogen-bond acceptors (Lipinski definition) is 4. The average molecular weight is 307 g/mol. The highest BCUT2D eigenvalue weighted by Gasteiger charge is 2.43. The molecule has 0 saturated carbocycles. The maximum atomic E-state index is 13.6. The summed E-state index contributed by atoms with van der Waals surface area (Å²) in [6, 6.07) is 0. The standard InChI is InChI=1S/C9H4F7NO3/c1-19-7(18)3-2-17-6(8(11,12)13)5(4(3)10)20-9(14,15)16/h2H,1H3. The fourth-order valence-corrected chi connectivity index (χ4v) is 1.13. The van der Waals surface area contributed by atoms with Crippen molar-refractivity contribution >= 4 is 5.97 Å². The van der Waals surface area contributed by atoms with Crippen molar-refractivity contribution in [1.82, 2.24) is 4.98 Å². The molecule has 0 atom stereocenters. The second kappa shape index (κ2) is 5.13. The Bertz CT molecular complexity index is 523. The van der Waals surface area contributed by atoms with Crippen LogP contribution in [-0.2, 0) is 10.9 Å². The third kappa shape index (κ3) is 3.48. The number of ether oxygens (including phenoxy) is 2. The van der Waals surface area contributed by atoms with E-state index in [2.05, 4.69) is 14.5 Å². The third-order valence-electron chi connectivity index (χ3n) is 1.87. The van der Waals surface area contributed by atoms with Crippen molar-refractivity contribution in [2.45, 2.75) is 12.5 Å². The number of alkyl halides is 6. The van der Waals surface area contributed by atoms with E-state index in [1.54, 1.807) is 0 Å². The van der Waals surface area contributed by atoms with Crippen molar-refractivity contribution in [1.29, 1.82) is 0 Å². The van der Waals surface area contributed by atoms with E-state index in [9.17, 15) is 35.5 Å². The second-order valence-electron chi connectivity index (χ2n) is 3.20. The normalized spacial score (nSPS) is 12.2. The zero-order valence-electron chi connectivity index (χ0n) is 9.40. The molecular formula is C9H4F7NO3. The Morgan fingerprint density at radius 2 is 1.75 bits per heavy atom. The fourth-order valence-electron chi connectivity index (χ4n) is 1.13. The van der Waals surface area contributed by atoms with Gasteiger partial charge in [-0.15, -0.1) is 13.2 Å². The van der Waals surface area contributed by atoms with Gasteiger partial charge in [-0.2, -0.15) is 13.2 Å². The van der Waals surface area contributed by atoms with Gasteiger partial charge < -0.3 is 9.47 Å². The molecule has 20 heavy (non-hydrogen) atoms. The van der Waals surface area contributed by atoms with Gasteiger partial charge in [0.25, 0.3) is 0 Å². The molecule has 0 amide bonds. The fraction of sp³-hybridized carbons (Fsp3) is 0.333. The molecular weight excluding hydrogens is 303 g/mol. The average Bonchev–Trinajstić information content (AvgIpc) is 2.27. The molecule has 112 valence electrons. The summed E-state index contributed by atoms with van der Waals surface area (Å²) in [5, 5.41) is 0. The SMILES string of the molecule is COC(=O)c1cnc(C(F)(F)F)c(OC(F)(F)F)c1F. The highest BCUT2D eigenvalue weighted by molar-refractivity contribution is 5.89. The molecule has 0 bridgehead atoms. The first-order valence-electron chi connectivity index (χ1n) is 4.57. The Hall–Kier alpha value is -2.07. The smallest absolute Gasteiger partial charge is 0.465 e. The van der Waals surface area contributed by atoms with Crippen molar-refractivity contribution in [2.75, 3.05) is 7.11 Å². The van der Waals surface area contributed by atoms with Gasteiger partial charge >= 0.3 is 18.5 Å². The molecule has 0 aliphatic carbocycles. The highest BCUT2D eigenvalue weighted by Crippen LogP contribution is 2.39. The number of nitrogens with zero attached hydrogens (tertiary/aromatic N) is 1. The van der Waals surface area contributed by atoms with E-state index in [0.29, 0.717) is 0 Å². The quantitative estimate of drug-likeness (QED) is 0.622. The minimum absolute atomic E-state index is 0.104. The molecule has 0 N–H and O–H groups in total. The molecule has 1 aromatic heterocycles. The number of hydrogen-bond donors (Lipinski definition) is 0. The van der Waals surface area contributed by atoms with Gasteiger partial charge in [0.15, 0.2) is 17.3 Å². The Morgan fingerprint density at radius 1 is 1.20 bits per heavy atom. The van der Waals surface area contributed by atoms with Gasteiger partial charge in [-0.05, 0) is 0 Å². The van der Waals surface area contributed by atoms with Crippen LogP contribution in [0.4, 0.5) is 30.7 Å². The van der Waals surface area contributed by atoms with E-state index >= 15 is 0 Å². The molecule has 11 heteroatoms. The van der Waals surface area contributed by atoms with Crippen molar-refractivity contribution < 1.29 is 45.0 Å². The van der Waals surface area contributed by atoms with Gasteiger partial charge in [0.1, 0.15) is 5.56 Å². The van der Waals surface area contributed by atoms with E-state index in [4.69, 9.17) is 0 Å². The number of carbonyl (C=O) groups is 1. The zero-order chi connectivity index (χ0) is 15.7. The number of methoxy groups -OCH3 is 1. The maximum Gasteiger partial charge on any atom is 0.573 e. The number of pyridine rings is 1. The van der Waals surface area contributed by atoms with Gasteiger partial charge in [0.05, 0.1) is 7.11 Å². The number of halogens is 7. The lowest BCUT2D eigenvalue weighted by molar-refractivity contribution is -0.277. The highest BCUT2D eigenvalue weighted by atomic mass is 19.4. The Balaban J connectivity index is 3.50. The molecule has 4 nitrogen and oxygen atoms in total. The first-order chi connectivity index (χ1) is 8.97. The van der Waals surface area contributed by atoms with Gasteiger partial charge in [-0.25, -0.2) is 14.2 Å². The van der Waals surface area contributed by atoms with E-state index in [-0.39, 0.29) is 6.20 Å². The van der Waals surface area contributed by atoms with Crippen LogP contribution in [-0.4, -0.2) is 24.4 Å². The van der Waals surface area contributed by atoms with Gasteiger partial charge in [-0.1, -0.05) is 0 Å². The molecule has 0 aliphatic heterocycles. The van der Waals surface area contributed by atoms with E-state index in [0.717, 1.165) is 7.11 Å². The molecule has 1 aromatic rings. The third-order valence-corrected chi connectivity index (χ3v) is 1.87. The summed E-state index contributed by atoms with van der Waals surface area (Å²) < 4.78 is 93.8. The molecule has 0 unspecified atom stereocenters. The summed E-state index contributed by atoms with van der Waals surface area (Å²) in [5.74, 6) is -5.92. The van der Waals surface area contributed by atoms with Gasteiger partial charge in [0.2, 0.25) is 0 Å². The van der Waals surface area contributed by atoms with Crippen LogP contribution in [0.2, 0.25) is 0 Å². The summed E-state index contributed by atoms with van der Waals surface area (Å²) in [7, 11) is 0.754. The Kier molecular flexibility index (Phi) is 4.10. The second-order valence-corrected chi connectivity index (χ2v) is 3.20. The minimum Gasteiger partial charge on any atom is -0.465 e. The van der Waals surface area contributed by atoms with Gasteiger partial charge in [0, 0.05) is 6.20 Å². The number of rotatable bonds is 2. The van der Waals surface area contributed by atoms with Crippen LogP contribution in [0.25, 0.3) is 0 Å². The van der Waals surface area contributed by atoms with Crippen molar-refractivity contribution in [3.8, 4) is 5.75 Å². The van der Waals surface area contributed by atoms with Crippen LogP contribution in [0.15, 0.2) is 6.20 Å². The summed E-state index contributed by atoms with van der Waals surface area (Å²) in [6.45, 7) is 0. The molecule has 1 rings (SSSR count). The topological polar surface area (TPSA) is 48.4 Å². The van der Waals surface area contributed by atoms with Crippen LogP contribution >= 0.6 is 0 Å². The maximum absolute atomic E-state index is 13.6. The lowest BCUT2D eigenvalue weighted by Gasteiger charge is -2.16. The van der Waals surface area contributed by atoms with Crippen LogP contribution in [0.1, 0.15) is 16.1 Å². The molecule has 0 spiro atoms. The van der Waals surface area contributed by atoms with E-state index < -0.39 is 41.3 Å². The number of aromatic nitrogens is 1. The Morgan fingerprint density at radius 3 is 2.15 bits per heavy atom. The number of esters is 1. The zero-order valence-corrected chi connectivity index (χ0v) is 9.40. The van der Waals surface area contributed by atoms with E-state index in [1.807, 2.05) is 0 Å². The molecule has 0 radical (unpaired) electrons. The summed E-state index contributed by atoms with van der Waals surface area (Å²) in [6.07, 6.45) is -10.9. The largest absolute Gasteiger partial charge is 0.573 e. The van der Waals surface area contributed by atoms with Crippen LogP contribution in [0, 0.1) is 5.82 Å². The first kappa shape index (κ1) is 16.0. The monoisotopic (exact) mass is 307 g/mol. The van der Waals surface area contributed by atoms with E-state index in [1.165, 1.54) is 0 Å². The van der Waals surface area contributed by atoms with Crippen molar-refractivity contribution in [3.63, 3.8) is 0 Å². The predicted molar refractivity (Wildman–Crippen MR) is 47.2 cm³/mol. The van der Waals surface area contributed by atoms with Crippen LogP contribution < -0.4 is 4.74 Å². The number of carbonyl (C=O) groups excluding carboxylic acids is 1. The predicted octanol–water partition coefficient (Wildman–Crippen LogP) is 2.92. The first-order valence-corrected chi connectivity index (χ1v) is 4.57. The van der Waals surface area contributed by atoms with Crippen LogP contribution in [0.3, 0.4) is 0 Å². The van der Waals surface area contributed by atoms with Crippen molar-refractivity contribution in [3.05, 3.63) is 23.3 Å². The van der Waals surface area contributed by atoms with Crippen LogP contribution in [0.5, 0.6) is 5.75 Å². The Labute approximate surface area is 106 Å². The molecule has 0 aliphatic rings. The molecule has 0 fully saturated rings. The molecule has 0 aromatic carbocycles. The lowest BCUT2D eigenvalue weighted by atomic mass is 10.2. The van der Waals surface area contributed by atoms with Crippen molar-refractivity contribution in [2.24, 2.45) is 0 Å². The van der Waals surface area contributed by atoms with Gasteiger partial charge in [-0.3, -0.25) is 0 Å². The lowest BCUT2D eigenvalue weighted by Crippen LogP contribution is -2.23. The summed E-state index contributed by atoms with van der Waals surface area (Å²) in [4.78, 5) is 13.6. The molecule has 1 heterocycles. The summed E-state index contributed by atoms with van der Waals surface area (Å²) in [5.41, 5.74) is -3.47. The minimum atomic E-state index is -5.60. The summed E-state index contributed by atoms with van der Waals surface area (Å²) >= 11 is 0. The molecule has 0 saturated heterocycles.